The summed E-state index contributed by atoms with van der Waals surface area (Å²) in [5, 5.41) is 6.42. The Balaban J connectivity index is 0.00000192. The van der Waals surface area contributed by atoms with Gasteiger partial charge in [0.05, 0.1) is 5.92 Å². The molecule has 2 amide bonds. The molecular weight excluding hydrogens is 314 g/mol. The molecule has 0 aromatic rings. The normalized spacial score (nSPS) is 34.3. The van der Waals surface area contributed by atoms with Crippen molar-refractivity contribution in [3.05, 3.63) is 0 Å². The monoisotopic (exact) mass is 343 g/mol. The molecule has 0 aromatic heterocycles. The summed E-state index contributed by atoms with van der Waals surface area (Å²) in [7, 11) is 0. The lowest BCUT2D eigenvalue weighted by Gasteiger charge is -2.33. The number of amides is 2. The molecule has 2 heterocycles. The van der Waals surface area contributed by atoms with Gasteiger partial charge in [0.2, 0.25) is 11.8 Å². The van der Waals surface area contributed by atoms with Crippen LogP contribution in [-0.4, -0.2) is 48.4 Å². The maximum atomic E-state index is 12.3. The minimum atomic E-state index is -0.145. The smallest absolute Gasteiger partial charge is 0.225 e. The fourth-order valence-corrected chi connectivity index (χ4v) is 4.11. The molecule has 2 atom stereocenters. The molecule has 132 valence electrons. The molecule has 0 bridgehead atoms. The maximum absolute atomic E-state index is 12.3. The standard InChI is InChI=1S/C17H29N3O2.ClH/c1-12-4-6-15(7-5-12)20-11-13(9-16(20)21)17(22)19-10-14-3-2-8-18-14;/h12-15,18H,2-11H2,1H3,(H,19,22);1H. The Morgan fingerprint density at radius 1 is 1.26 bits per heavy atom. The molecule has 23 heavy (non-hydrogen) atoms. The van der Waals surface area contributed by atoms with Crippen LogP contribution in [-0.2, 0) is 9.59 Å². The first-order chi connectivity index (χ1) is 10.6. The highest BCUT2D eigenvalue weighted by Gasteiger charge is 2.38. The van der Waals surface area contributed by atoms with Crippen LogP contribution in [0.1, 0.15) is 51.9 Å². The second kappa shape index (κ2) is 8.34. The SMILES string of the molecule is CC1CCC(N2CC(C(=O)NCC3CCCN3)CC2=O)CC1.Cl. The van der Waals surface area contributed by atoms with E-state index < -0.39 is 0 Å². The number of rotatable bonds is 4. The van der Waals surface area contributed by atoms with E-state index in [2.05, 4.69) is 17.6 Å². The van der Waals surface area contributed by atoms with Gasteiger partial charge in [0, 0.05) is 31.6 Å². The second-order valence-electron chi connectivity index (χ2n) is 7.40. The predicted octanol–water partition coefficient (Wildman–Crippen LogP) is 1.70. The van der Waals surface area contributed by atoms with E-state index in [0.717, 1.165) is 31.7 Å². The molecule has 5 nitrogen and oxygen atoms in total. The summed E-state index contributed by atoms with van der Waals surface area (Å²) in [5.41, 5.74) is 0. The van der Waals surface area contributed by atoms with Crippen LogP contribution in [0.2, 0.25) is 0 Å². The molecular formula is C17H30ClN3O2. The average molecular weight is 344 g/mol. The highest BCUT2D eigenvalue weighted by atomic mass is 35.5. The Kier molecular flexibility index (Phi) is 6.72. The lowest BCUT2D eigenvalue weighted by atomic mass is 9.87. The van der Waals surface area contributed by atoms with Gasteiger partial charge in [0.15, 0.2) is 0 Å². The summed E-state index contributed by atoms with van der Waals surface area (Å²) in [6.07, 6.45) is 7.35. The first kappa shape index (κ1) is 18.5. The lowest BCUT2D eigenvalue weighted by Crippen LogP contribution is -2.42. The molecule has 2 aliphatic heterocycles. The van der Waals surface area contributed by atoms with Gasteiger partial charge in [-0.25, -0.2) is 0 Å². The number of carbonyl (C=O) groups excluding carboxylic acids is 2. The fraction of sp³-hybridized carbons (Fsp3) is 0.882. The topological polar surface area (TPSA) is 61.4 Å². The molecule has 3 fully saturated rings. The molecule has 0 radical (unpaired) electrons. The zero-order chi connectivity index (χ0) is 15.5. The summed E-state index contributed by atoms with van der Waals surface area (Å²) in [6, 6.07) is 0.787. The second-order valence-corrected chi connectivity index (χ2v) is 7.40. The van der Waals surface area contributed by atoms with Crippen molar-refractivity contribution < 1.29 is 9.59 Å². The van der Waals surface area contributed by atoms with Gasteiger partial charge in [-0.1, -0.05) is 6.92 Å². The van der Waals surface area contributed by atoms with E-state index in [-0.39, 0.29) is 30.1 Å². The number of hydrogen-bond donors (Lipinski definition) is 2. The van der Waals surface area contributed by atoms with Crippen LogP contribution in [0.15, 0.2) is 0 Å². The minimum absolute atomic E-state index is 0. The van der Waals surface area contributed by atoms with Gasteiger partial charge in [-0.05, 0) is 51.0 Å². The summed E-state index contributed by atoms with van der Waals surface area (Å²) in [4.78, 5) is 26.6. The Hall–Kier alpha value is -0.810. The van der Waals surface area contributed by atoms with Gasteiger partial charge in [0.1, 0.15) is 0 Å². The van der Waals surface area contributed by atoms with Crippen molar-refractivity contribution in [2.24, 2.45) is 11.8 Å². The number of carbonyl (C=O) groups is 2. The van der Waals surface area contributed by atoms with Crippen LogP contribution in [0.3, 0.4) is 0 Å². The number of nitrogens with zero attached hydrogens (tertiary/aromatic N) is 1. The van der Waals surface area contributed by atoms with Crippen LogP contribution in [0.5, 0.6) is 0 Å². The molecule has 2 saturated heterocycles. The summed E-state index contributed by atoms with van der Waals surface area (Å²) < 4.78 is 0. The van der Waals surface area contributed by atoms with Gasteiger partial charge in [-0.2, -0.15) is 0 Å². The lowest BCUT2D eigenvalue weighted by molar-refractivity contribution is -0.130. The average Bonchev–Trinajstić information content (AvgIpc) is 3.15. The van der Waals surface area contributed by atoms with Gasteiger partial charge < -0.3 is 15.5 Å². The highest BCUT2D eigenvalue weighted by molar-refractivity contribution is 5.89. The molecule has 2 N–H and O–H groups in total. The first-order valence-corrected chi connectivity index (χ1v) is 8.94. The van der Waals surface area contributed by atoms with Gasteiger partial charge in [-0.3, -0.25) is 9.59 Å². The minimum Gasteiger partial charge on any atom is -0.354 e. The van der Waals surface area contributed by atoms with E-state index in [9.17, 15) is 9.59 Å². The molecule has 6 heteroatoms. The van der Waals surface area contributed by atoms with Crippen molar-refractivity contribution in [2.45, 2.75) is 64.0 Å². The third kappa shape index (κ3) is 4.60. The molecule has 1 saturated carbocycles. The third-order valence-electron chi connectivity index (χ3n) is 5.64. The number of halogens is 1. The third-order valence-corrected chi connectivity index (χ3v) is 5.64. The van der Waals surface area contributed by atoms with Crippen molar-refractivity contribution in [1.29, 1.82) is 0 Å². The Labute approximate surface area is 145 Å². The fourth-order valence-electron chi connectivity index (χ4n) is 4.11. The molecule has 0 aromatic carbocycles. The van der Waals surface area contributed by atoms with Crippen molar-refractivity contribution in [3.8, 4) is 0 Å². The van der Waals surface area contributed by atoms with Gasteiger partial charge in [0.25, 0.3) is 0 Å². The van der Waals surface area contributed by atoms with Crippen LogP contribution < -0.4 is 10.6 Å². The molecule has 1 aliphatic carbocycles. The number of nitrogens with one attached hydrogen (secondary N) is 2. The molecule has 3 rings (SSSR count). The Bertz CT molecular complexity index is 418. The van der Waals surface area contributed by atoms with E-state index >= 15 is 0 Å². The van der Waals surface area contributed by atoms with Crippen LogP contribution >= 0.6 is 12.4 Å². The van der Waals surface area contributed by atoms with E-state index in [1.165, 1.54) is 19.3 Å². The van der Waals surface area contributed by atoms with Crippen LogP contribution in [0, 0.1) is 11.8 Å². The maximum Gasteiger partial charge on any atom is 0.225 e. The van der Waals surface area contributed by atoms with E-state index in [1.54, 1.807) is 0 Å². The molecule has 0 spiro atoms. The van der Waals surface area contributed by atoms with E-state index in [0.29, 0.717) is 31.6 Å². The first-order valence-electron chi connectivity index (χ1n) is 8.94. The Morgan fingerprint density at radius 3 is 2.65 bits per heavy atom. The largest absolute Gasteiger partial charge is 0.354 e. The van der Waals surface area contributed by atoms with Crippen molar-refractivity contribution in [3.63, 3.8) is 0 Å². The zero-order valence-electron chi connectivity index (χ0n) is 14.1. The molecule has 3 aliphatic rings. The van der Waals surface area contributed by atoms with Gasteiger partial charge in [-0.15, -0.1) is 12.4 Å². The predicted molar refractivity (Wildman–Crippen MR) is 92.5 cm³/mol. The van der Waals surface area contributed by atoms with Crippen molar-refractivity contribution >= 4 is 24.2 Å². The van der Waals surface area contributed by atoms with Crippen LogP contribution in [0.4, 0.5) is 0 Å². The van der Waals surface area contributed by atoms with E-state index in [4.69, 9.17) is 0 Å². The van der Waals surface area contributed by atoms with Crippen molar-refractivity contribution in [2.75, 3.05) is 19.6 Å². The van der Waals surface area contributed by atoms with Crippen molar-refractivity contribution in [1.82, 2.24) is 15.5 Å². The van der Waals surface area contributed by atoms with E-state index in [1.807, 2.05) is 4.90 Å². The quantitative estimate of drug-likeness (QED) is 0.816. The number of likely N-dealkylation sites (tertiary alicyclic amines) is 1. The zero-order valence-corrected chi connectivity index (χ0v) is 14.9. The van der Waals surface area contributed by atoms with Crippen LogP contribution in [0.25, 0.3) is 0 Å². The molecule has 2 unspecified atom stereocenters. The summed E-state index contributed by atoms with van der Waals surface area (Å²) in [5.74, 6) is 0.882. The van der Waals surface area contributed by atoms with Gasteiger partial charge >= 0.3 is 0 Å². The summed E-state index contributed by atoms with van der Waals surface area (Å²) >= 11 is 0. The summed E-state index contributed by atoms with van der Waals surface area (Å²) in [6.45, 7) is 4.66. The number of hydrogen-bond acceptors (Lipinski definition) is 3. The Morgan fingerprint density at radius 2 is 2.00 bits per heavy atom. The highest BCUT2D eigenvalue weighted by Crippen LogP contribution is 2.31.